The number of amides is 1. The first-order chi connectivity index (χ1) is 19.4. The van der Waals surface area contributed by atoms with Crippen LogP contribution in [0, 0.1) is 11.3 Å². The molecule has 1 saturated heterocycles. The van der Waals surface area contributed by atoms with E-state index in [1.54, 1.807) is 35.1 Å². The Morgan fingerprint density at radius 1 is 1.18 bits per heavy atom. The van der Waals surface area contributed by atoms with Gasteiger partial charge >= 0.3 is 0 Å². The third-order valence-corrected chi connectivity index (χ3v) is 8.53. The Labute approximate surface area is 236 Å². The van der Waals surface area contributed by atoms with Gasteiger partial charge in [-0.3, -0.25) is 4.79 Å². The van der Waals surface area contributed by atoms with Crippen molar-refractivity contribution in [3.63, 3.8) is 0 Å². The summed E-state index contributed by atoms with van der Waals surface area (Å²) >= 11 is 0. The first-order valence-corrected chi connectivity index (χ1v) is 15.1. The lowest BCUT2D eigenvalue weighted by molar-refractivity contribution is -0.117. The molecule has 1 aliphatic rings. The summed E-state index contributed by atoms with van der Waals surface area (Å²) in [6.45, 7) is 5.78. The lowest BCUT2D eigenvalue weighted by Gasteiger charge is -2.21. The van der Waals surface area contributed by atoms with Gasteiger partial charge in [0.1, 0.15) is 17.3 Å². The zero-order valence-electron chi connectivity index (χ0n) is 22.9. The van der Waals surface area contributed by atoms with Crippen LogP contribution in [0.5, 0.6) is 0 Å². The number of hydrogen-bond acceptors (Lipinski definition) is 6. The molecule has 1 atom stereocenters. The van der Waals surface area contributed by atoms with E-state index < -0.39 is 15.9 Å². The van der Waals surface area contributed by atoms with Crippen molar-refractivity contribution in [3.05, 3.63) is 71.9 Å². The average molecular weight is 562 g/mol. The highest BCUT2D eigenvalue weighted by Crippen LogP contribution is 2.29. The van der Waals surface area contributed by atoms with E-state index in [0.29, 0.717) is 55.9 Å². The quantitative estimate of drug-likeness (QED) is 0.256. The summed E-state index contributed by atoms with van der Waals surface area (Å²) in [6.07, 6.45) is 6.42. The molecule has 0 radical (unpaired) electrons. The molecule has 0 spiro atoms. The maximum atomic E-state index is 13.5. The molecule has 3 aromatic rings. The highest BCUT2D eigenvalue weighted by molar-refractivity contribution is 7.89. The fraction of sp³-hybridized carbons (Fsp3) is 0.367. The van der Waals surface area contributed by atoms with Crippen molar-refractivity contribution in [1.82, 2.24) is 19.4 Å². The predicted octanol–water partition coefficient (Wildman–Crippen LogP) is 4.55. The van der Waals surface area contributed by atoms with Gasteiger partial charge in [-0.2, -0.15) is 14.7 Å². The van der Waals surface area contributed by atoms with Gasteiger partial charge in [0.25, 0.3) is 5.91 Å². The van der Waals surface area contributed by atoms with E-state index in [4.69, 9.17) is 9.84 Å². The Balaban J connectivity index is 1.74. The monoisotopic (exact) mass is 561 g/mol. The van der Waals surface area contributed by atoms with Gasteiger partial charge in [0, 0.05) is 43.6 Å². The number of nitriles is 1. The summed E-state index contributed by atoms with van der Waals surface area (Å²) in [6, 6.07) is 18.1. The van der Waals surface area contributed by atoms with Crippen molar-refractivity contribution in [3.8, 4) is 23.0 Å². The molecule has 2 aromatic carbocycles. The molecule has 1 unspecified atom stereocenters. The minimum Gasteiger partial charge on any atom is -0.376 e. The van der Waals surface area contributed by atoms with E-state index in [1.165, 1.54) is 10.4 Å². The molecular weight excluding hydrogens is 526 g/mol. The topological polar surface area (TPSA) is 117 Å². The molecule has 0 aliphatic carbocycles. The van der Waals surface area contributed by atoms with Crippen molar-refractivity contribution in [1.29, 1.82) is 5.26 Å². The van der Waals surface area contributed by atoms with Crippen LogP contribution in [0.3, 0.4) is 0 Å². The zero-order valence-corrected chi connectivity index (χ0v) is 23.7. The summed E-state index contributed by atoms with van der Waals surface area (Å²) in [7, 11) is -3.72. The van der Waals surface area contributed by atoms with Crippen LogP contribution in [-0.2, 0) is 19.6 Å². The Morgan fingerprint density at radius 2 is 1.93 bits per heavy atom. The number of ether oxygens (including phenoxy) is 1. The first kappa shape index (κ1) is 29.2. The number of carbonyl (C=O) groups excluding carboxylic acids is 1. The van der Waals surface area contributed by atoms with Crippen LogP contribution >= 0.6 is 0 Å². The van der Waals surface area contributed by atoms with Gasteiger partial charge in [-0.05, 0) is 56.0 Å². The summed E-state index contributed by atoms with van der Waals surface area (Å²) in [4.78, 5) is 13.0. The number of aromatic nitrogens is 2. The van der Waals surface area contributed by atoms with Gasteiger partial charge in [-0.1, -0.05) is 44.2 Å². The molecule has 210 valence electrons. The predicted molar refractivity (Wildman–Crippen MR) is 154 cm³/mol. The standard InChI is InChI=1S/C30H35N5O4S/c1-3-15-34(16-4-2)40(37,38)28-14-8-10-23(19-28)29-25(22-35(33-29)26-11-6-5-7-12-26)18-24(20-31)30(36)32-21-27-13-9-17-39-27/h5-8,10-12,14,18-19,22,27H,3-4,9,13,15-17,21H2,1-2H3,(H,32,36). The minimum absolute atomic E-state index is 0.0510. The van der Waals surface area contributed by atoms with Crippen molar-refractivity contribution < 1.29 is 17.9 Å². The fourth-order valence-electron chi connectivity index (χ4n) is 4.65. The largest absolute Gasteiger partial charge is 0.376 e. The SMILES string of the molecule is CCCN(CCC)S(=O)(=O)c1cccc(-c2nn(-c3ccccc3)cc2C=C(C#N)C(=O)NCC2CCCO2)c1. The van der Waals surface area contributed by atoms with Gasteiger partial charge in [0.2, 0.25) is 10.0 Å². The Bertz CT molecular complexity index is 1480. The van der Waals surface area contributed by atoms with Crippen LogP contribution in [0.15, 0.2) is 71.3 Å². The summed E-state index contributed by atoms with van der Waals surface area (Å²) in [5, 5.41) is 17.4. The Kier molecular flexibility index (Phi) is 9.88. The van der Waals surface area contributed by atoms with Crippen LogP contribution < -0.4 is 5.32 Å². The van der Waals surface area contributed by atoms with E-state index in [-0.39, 0.29) is 16.6 Å². The highest BCUT2D eigenvalue weighted by atomic mass is 32.2. The number of sulfonamides is 1. The molecule has 1 fully saturated rings. The van der Waals surface area contributed by atoms with Crippen molar-refractivity contribution in [2.24, 2.45) is 0 Å². The molecule has 9 nitrogen and oxygen atoms in total. The van der Waals surface area contributed by atoms with E-state index in [1.807, 2.05) is 50.2 Å². The summed E-state index contributed by atoms with van der Waals surface area (Å²) in [5.74, 6) is -0.498. The molecule has 1 aromatic heterocycles. The van der Waals surface area contributed by atoms with Crippen molar-refractivity contribution >= 4 is 22.0 Å². The third kappa shape index (κ3) is 6.86. The van der Waals surface area contributed by atoms with E-state index in [0.717, 1.165) is 18.5 Å². The third-order valence-electron chi connectivity index (χ3n) is 6.63. The smallest absolute Gasteiger partial charge is 0.262 e. The van der Waals surface area contributed by atoms with Gasteiger partial charge in [0.15, 0.2) is 0 Å². The lowest BCUT2D eigenvalue weighted by Crippen LogP contribution is -2.32. The zero-order chi connectivity index (χ0) is 28.5. The van der Waals surface area contributed by atoms with E-state index in [2.05, 4.69) is 5.32 Å². The van der Waals surface area contributed by atoms with Crippen LogP contribution in [0.4, 0.5) is 0 Å². The van der Waals surface area contributed by atoms with Crippen LogP contribution in [0.2, 0.25) is 0 Å². The minimum atomic E-state index is -3.72. The second kappa shape index (κ2) is 13.5. The van der Waals surface area contributed by atoms with Crippen LogP contribution in [0.25, 0.3) is 23.0 Å². The molecule has 1 amide bonds. The number of rotatable bonds is 12. The molecule has 0 saturated carbocycles. The van der Waals surface area contributed by atoms with Gasteiger partial charge in [-0.15, -0.1) is 0 Å². The Morgan fingerprint density at radius 3 is 2.58 bits per heavy atom. The number of para-hydroxylation sites is 1. The normalized spacial score (nSPS) is 15.8. The van der Waals surface area contributed by atoms with Gasteiger partial charge < -0.3 is 10.1 Å². The maximum absolute atomic E-state index is 13.5. The van der Waals surface area contributed by atoms with Crippen molar-refractivity contribution in [2.45, 2.75) is 50.5 Å². The Hall–Kier alpha value is -3.78. The summed E-state index contributed by atoms with van der Waals surface area (Å²) in [5.41, 5.74) is 2.24. The molecule has 1 aliphatic heterocycles. The number of carbonyl (C=O) groups is 1. The molecule has 0 bridgehead atoms. The number of benzene rings is 2. The van der Waals surface area contributed by atoms with Crippen LogP contribution in [0.1, 0.15) is 45.1 Å². The molecule has 4 rings (SSSR count). The van der Waals surface area contributed by atoms with Crippen LogP contribution in [-0.4, -0.2) is 60.8 Å². The van der Waals surface area contributed by atoms with Crippen molar-refractivity contribution in [2.75, 3.05) is 26.2 Å². The average Bonchev–Trinajstić information content (AvgIpc) is 3.65. The number of nitrogens with zero attached hydrogens (tertiary/aromatic N) is 4. The number of hydrogen-bond donors (Lipinski definition) is 1. The second-order valence-corrected chi connectivity index (χ2v) is 11.6. The molecule has 10 heteroatoms. The maximum Gasteiger partial charge on any atom is 0.262 e. The van der Waals surface area contributed by atoms with Gasteiger partial charge in [-0.25, -0.2) is 13.1 Å². The number of nitrogens with one attached hydrogen (secondary N) is 1. The lowest BCUT2D eigenvalue weighted by atomic mass is 10.1. The summed E-state index contributed by atoms with van der Waals surface area (Å²) < 4.78 is 35.7. The van der Waals surface area contributed by atoms with Gasteiger partial charge in [0.05, 0.1) is 16.7 Å². The van der Waals surface area contributed by atoms with E-state index in [9.17, 15) is 18.5 Å². The molecular formula is C30H35N5O4S. The highest BCUT2D eigenvalue weighted by Gasteiger charge is 2.24. The first-order valence-electron chi connectivity index (χ1n) is 13.6. The molecule has 40 heavy (non-hydrogen) atoms. The molecule has 2 heterocycles. The molecule has 1 N–H and O–H groups in total. The second-order valence-electron chi connectivity index (χ2n) is 9.66. The fourth-order valence-corrected chi connectivity index (χ4v) is 6.32. The van der Waals surface area contributed by atoms with E-state index >= 15 is 0 Å².